The molecule has 0 saturated carbocycles. The lowest BCUT2D eigenvalue weighted by Gasteiger charge is -2.04. The molecule has 4 heteroatoms. The summed E-state index contributed by atoms with van der Waals surface area (Å²) in [6.45, 7) is 7.55. The predicted octanol–water partition coefficient (Wildman–Crippen LogP) is 1.62. The third kappa shape index (κ3) is 4.95. The van der Waals surface area contributed by atoms with E-state index in [0.29, 0.717) is 0 Å². The standard InChI is InChI=1S/C11H21N3O/c1-3-4-6-15-7-5-12-8-11-10(2)13-9-14-11/h9,12H,3-8H2,1-2H3,(H,13,14). The Bertz CT molecular complexity index is 260. The van der Waals surface area contributed by atoms with Crippen LogP contribution in [0.25, 0.3) is 0 Å². The van der Waals surface area contributed by atoms with E-state index in [2.05, 4.69) is 22.2 Å². The number of aromatic amines is 1. The van der Waals surface area contributed by atoms with Gasteiger partial charge in [0.25, 0.3) is 0 Å². The van der Waals surface area contributed by atoms with Crippen molar-refractivity contribution in [3.05, 3.63) is 17.7 Å². The lowest BCUT2D eigenvalue weighted by atomic mass is 10.3. The van der Waals surface area contributed by atoms with Crippen molar-refractivity contribution < 1.29 is 4.74 Å². The molecule has 4 nitrogen and oxygen atoms in total. The van der Waals surface area contributed by atoms with Crippen molar-refractivity contribution >= 4 is 0 Å². The van der Waals surface area contributed by atoms with Crippen LogP contribution in [-0.2, 0) is 11.3 Å². The zero-order valence-corrected chi connectivity index (χ0v) is 9.68. The summed E-state index contributed by atoms with van der Waals surface area (Å²) in [5.41, 5.74) is 2.22. The molecule has 0 atom stereocenters. The Balaban J connectivity index is 1.96. The van der Waals surface area contributed by atoms with Crippen molar-refractivity contribution in [1.29, 1.82) is 0 Å². The lowest BCUT2D eigenvalue weighted by molar-refractivity contribution is 0.133. The molecule has 1 rings (SSSR count). The lowest BCUT2D eigenvalue weighted by Crippen LogP contribution is -2.20. The van der Waals surface area contributed by atoms with E-state index in [4.69, 9.17) is 4.74 Å². The van der Waals surface area contributed by atoms with Crippen molar-refractivity contribution in [3.8, 4) is 0 Å². The summed E-state index contributed by atoms with van der Waals surface area (Å²) in [5.74, 6) is 0. The van der Waals surface area contributed by atoms with Gasteiger partial charge in [-0.05, 0) is 13.3 Å². The van der Waals surface area contributed by atoms with Crippen LogP contribution in [0.3, 0.4) is 0 Å². The molecule has 1 heterocycles. The van der Waals surface area contributed by atoms with Crippen LogP contribution in [0.15, 0.2) is 6.33 Å². The maximum atomic E-state index is 5.43. The average Bonchev–Trinajstić information content (AvgIpc) is 2.63. The second-order valence-corrected chi connectivity index (χ2v) is 3.62. The molecule has 1 aromatic rings. The van der Waals surface area contributed by atoms with Crippen LogP contribution >= 0.6 is 0 Å². The van der Waals surface area contributed by atoms with Crippen LogP contribution in [-0.4, -0.2) is 29.7 Å². The van der Waals surface area contributed by atoms with Gasteiger partial charge >= 0.3 is 0 Å². The Morgan fingerprint density at radius 3 is 3.00 bits per heavy atom. The highest BCUT2D eigenvalue weighted by Gasteiger charge is 1.98. The number of nitrogens with one attached hydrogen (secondary N) is 2. The van der Waals surface area contributed by atoms with E-state index in [1.54, 1.807) is 6.33 Å². The molecule has 0 aromatic carbocycles. The van der Waals surface area contributed by atoms with Gasteiger partial charge in [-0.25, -0.2) is 4.98 Å². The van der Waals surface area contributed by atoms with Gasteiger partial charge in [0.15, 0.2) is 0 Å². The Labute approximate surface area is 91.4 Å². The zero-order valence-electron chi connectivity index (χ0n) is 9.68. The second kappa shape index (κ2) is 7.43. The molecule has 0 aliphatic rings. The number of imidazole rings is 1. The summed E-state index contributed by atoms with van der Waals surface area (Å²) in [6.07, 6.45) is 4.07. The van der Waals surface area contributed by atoms with Crippen LogP contribution in [0.1, 0.15) is 31.2 Å². The third-order valence-corrected chi connectivity index (χ3v) is 2.29. The molecule has 0 radical (unpaired) electrons. The SMILES string of the molecule is CCCCOCCNCc1nc[nH]c1C. The van der Waals surface area contributed by atoms with Crippen molar-refractivity contribution in [2.45, 2.75) is 33.2 Å². The molecule has 0 amide bonds. The number of ether oxygens (including phenoxy) is 1. The molecule has 1 aromatic heterocycles. The smallest absolute Gasteiger partial charge is 0.0925 e. The first-order valence-corrected chi connectivity index (χ1v) is 5.62. The molecule has 0 aliphatic heterocycles. The van der Waals surface area contributed by atoms with Gasteiger partial charge in [0.2, 0.25) is 0 Å². The van der Waals surface area contributed by atoms with Gasteiger partial charge in [0.05, 0.1) is 18.6 Å². The van der Waals surface area contributed by atoms with Crippen molar-refractivity contribution in [2.24, 2.45) is 0 Å². The molecule has 2 N–H and O–H groups in total. The van der Waals surface area contributed by atoms with Gasteiger partial charge in [-0.3, -0.25) is 0 Å². The van der Waals surface area contributed by atoms with Gasteiger partial charge in [0.1, 0.15) is 0 Å². The van der Waals surface area contributed by atoms with E-state index in [0.717, 1.165) is 44.1 Å². The molecule has 0 aliphatic carbocycles. The molecule has 0 fully saturated rings. The van der Waals surface area contributed by atoms with E-state index in [9.17, 15) is 0 Å². The first-order chi connectivity index (χ1) is 7.34. The summed E-state index contributed by atoms with van der Waals surface area (Å²) in [5, 5.41) is 3.30. The number of H-pyrrole nitrogens is 1. The quantitative estimate of drug-likeness (QED) is 0.642. The Hall–Kier alpha value is -0.870. The maximum Gasteiger partial charge on any atom is 0.0925 e. The van der Waals surface area contributed by atoms with Gasteiger partial charge in [0, 0.05) is 25.4 Å². The maximum absolute atomic E-state index is 5.43. The minimum absolute atomic E-state index is 0.781. The van der Waals surface area contributed by atoms with Crippen molar-refractivity contribution in [1.82, 2.24) is 15.3 Å². The van der Waals surface area contributed by atoms with Crippen LogP contribution < -0.4 is 5.32 Å². The van der Waals surface area contributed by atoms with Crippen molar-refractivity contribution in [3.63, 3.8) is 0 Å². The van der Waals surface area contributed by atoms with Crippen LogP contribution in [0.2, 0.25) is 0 Å². The highest BCUT2D eigenvalue weighted by atomic mass is 16.5. The largest absolute Gasteiger partial charge is 0.380 e. The van der Waals surface area contributed by atoms with Gasteiger partial charge in [-0.15, -0.1) is 0 Å². The highest BCUT2D eigenvalue weighted by molar-refractivity contribution is 5.07. The summed E-state index contributed by atoms with van der Waals surface area (Å²) in [6, 6.07) is 0. The fourth-order valence-corrected chi connectivity index (χ4v) is 1.26. The fourth-order valence-electron chi connectivity index (χ4n) is 1.26. The van der Waals surface area contributed by atoms with Crippen LogP contribution in [0.4, 0.5) is 0 Å². The Kier molecular flexibility index (Phi) is 6.04. The fraction of sp³-hybridized carbons (Fsp3) is 0.727. The van der Waals surface area contributed by atoms with E-state index in [-0.39, 0.29) is 0 Å². The Morgan fingerprint density at radius 1 is 1.47 bits per heavy atom. The molecular formula is C11H21N3O. The molecular weight excluding hydrogens is 190 g/mol. The van der Waals surface area contributed by atoms with Crippen molar-refractivity contribution in [2.75, 3.05) is 19.8 Å². The van der Waals surface area contributed by atoms with Crippen LogP contribution in [0.5, 0.6) is 0 Å². The summed E-state index contributed by atoms with van der Waals surface area (Å²) < 4.78 is 5.43. The second-order valence-electron chi connectivity index (χ2n) is 3.62. The average molecular weight is 211 g/mol. The molecule has 0 saturated heterocycles. The summed E-state index contributed by atoms with van der Waals surface area (Å²) in [4.78, 5) is 7.26. The van der Waals surface area contributed by atoms with E-state index in [1.807, 2.05) is 6.92 Å². The van der Waals surface area contributed by atoms with Gasteiger partial charge < -0.3 is 15.0 Å². The monoisotopic (exact) mass is 211 g/mol. The topological polar surface area (TPSA) is 49.9 Å². The first kappa shape index (κ1) is 12.2. The third-order valence-electron chi connectivity index (χ3n) is 2.29. The number of rotatable bonds is 8. The van der Waals surface area contributed by atoms with Crippen LogP contribution in [0, 0.1) is 6.92 Å². The summed E-state index contributed by atoms with van der Waals surface area (Å²) in [7, 11) is 0. The highest BCUT2D eigenvalue weighted by Crippen LogP contribution is 1.98. The minimum Gasteiger partial charge on any atom is -0.380 e. The molecule has 0 bridgehead atoms. The molecule has 86 valence electrons. The van der Waals surface area contributed by atoms with Gasteiger partial charge in [-0.2, -0.15) is 0 Å². The first-order valence-electron chi connectivity index (χ1n) is 5.62. The molecule has 0 unspecified atom stereocenters. The van der Waals surface area contributed by atoms with Gasteiger partial charge in [-0.1, -0.05) is 13.3 Å². The number of unbranched alkanes of at least 4 members (excludes halogenated alkanes) is 1. The predicted molar refractivity (Wildman–Crippen MR) is 60.8 cm³/mol. The number of hydrogen-bond donors (Lipinski definition) is 2. The molecule has 15 heavy (non-hydrogen) atoms. The number of aryl methyl sites for hydroxylation is 1. The summed E-state index contributed by atoms with van der Waals surface area (Å²) >= 11 is 0. The number of aromatic nitrogens is 2. The van der Waals surface area contributed by atoms with E-state index >= 15 is 0 Å². The zero-order chi connectivity index (χ0) is 10.9. The van der Waals surface area contributed by atoms with E-state index in [1.165, 1.54) is 6.42 Å². The molecule has 0 spiro atoms. The Morgan fingerprint density at radius 2 is 2.33 bits per heavy atom. The normalized spacial score (nSPS) is 10.8. The number of nitrogens with zero attached hydrogens (tertiary/aromatic N) is 1. The number of hydrogen-bond acceptors (Lipinski definition) is 3. The minimum atomic E-state index is 0.781. The van der Waals surface area contributed by atoms with E-state index < -0.39 is 0 Å².